The predicted octanol–water partition coefficient (Wildman–Crippen LogP) is 1.01. The summed E-state index contributed by atoms with van der Waals surface area (Å²) in [4.78, 5) is 4.02. The van der Waals surface area contributed by atoms with E-state index < -0.39 is 10.0 Å². The molecule has 0 spiro atoms. The topological polar surface area (TPSA) is 74.1 Å². The third-order valence-electron chi connectivity index (χ3n) is 3.18. The number of ether oxygens (including phenoxy) is 1. The van der Waals surface area contributed by atoms with Gasteiger partial charge >= 0.3 is 0 Å². The van der Waals surface area contributed by atoms with Crippen LogP contribution < -0.4 is 4.74 Å². The molecule has 0 N–H and O–H groups in total. The monoisotopic (exact) mass is 279 g/mol. The minimum atomic E-state index is -3.65. The van der Waals surface area contributed by atoms with Gasteiger partial charge in [0.2, 0.25) is 5.88 Å². The number of aromatic nitrogens is 3. The Hall–Kier alpha value is -1.89. The highest BCUT2D eigenvalue weighted by molar-refractivity contribution is 7.89. The van der Waals surface area contributed by atoms with E-state index in [2.05, 4.69) is 10.1 Å². The molecule has 100 valence electrons. The second-order valence-electron chi connectivity index (χ2n) is 4.37. The van der Waals surface area contributed by atoms with E-state index in [1.54, 1.807) is 6.20 Å². The molecule has 0 atom stereocenters. The van der Waals surface area contributed by atoms with E-state index in [4.69, 9.17) is 4.74 Å². The number of rotatable bonds is 3. The zero-order valence-corrected chi connectivity index (χ0v) is 11.2. The van der Waals surface area contributed by atoms with Crippen molar-refractivity contribution in [1.29, 1.82) is 0 Å². The zero-order valence-electron chi connectivity index (χ0n) is 10.4. The number of methoxy groups -OCH3 is 1. The van der Waals surface area contributed by atoms with Crippen LogP contribution in [0.5, 0.6) is 5.88 Å². The highest BCUT2D eigenvalue weighted by Gasteiger charge is 2.23. The first-order valence-corrected chi connectivity index (χ1v) is 7.38. The Balaban J connectivity index is 2.01. The lowest BCUT2D eigenvalue weighted by molar-refractivity contribution is 0.397. The molecule has 0 aliphatic heterocycles. The van der Waals surface area contributed by atoms with Gasteiger partial charge in [0.15, 0.2) is 0 Å². The fourth-order valence-corrected chi connectivity index (χ4v) is 3.27. The number of hydrogen-bond acceptors (Lipinski definition) is 5. The van der Waals surface area contributed by atoms with Crippen LogP contribution in [0, 0.1) is 0 Å². The van der Waals surface area contributed by atoms with Crippen LogP contribution in [0.2, 0.25) is 0 Å². The fourth-order valence-electron chi connectivity index (χ4n) is 2.16. The summed E-state index contributed by atoms with van der Waals surface area (Å²) in [6.45, 7) is 0. The van der Waals surface area contributed by atoms with Crippen LogP contribution in [0.1, 0.15) is 17.7 Å². The van der Waals surface area contributed by atoms with Crippen molar-refractivity contribution < 1.29 is 13.2 Å². The number of nitrogens with zero attached hydrogens (tertiary/aromatic N) is 3. The summed E-state index contributed by atoms with van der Waals surface area (Å²) in [5, 5.41) is 4.15. The van der Waals surface area contributed by atoms with E-state index in [-0.39, 0.29) is 4.90 Å². The zero-order chi connectivity index (χ0) is 13.5. The number of hydrogen-bond donors (Lipinski definition) is 0. The maximum absolute atomic E-state index is 12.4. The molecule has 1 aliphatic carbocycles. The Morgan fingerprint density at radius 2 is 2.16 bits per heavy atom. The lowest BCUT2D eigenvalue weighted by Gasteiger charge is -2.05. The molecule has 0 saturated heterocycles. The maximum atomic E-state index is 12.4. The van der Waals surface area contributed by atoms with Gasteiger partial charge in [0, 0.05) is 12.3 Å². The van der Waals surface area contributed by atoms with Gasteiger partial charge in [-0.3, -0.25) is 0 Å². The highest BCUT2D eigenvalue weighted by Crippen LogP contribution is 2.22. The van der Waals surface area contributed by atoms with Crippen molar-refractivity contribution in [2.24, 2.45) is 0 Å². The molecule has 0 bridgehead atoms. The largest absolute Gasteiger partial charge is 0.481 e. The molecule has 6 nitrogen and oxygen atoms in total. The van der Waals surface area contributed by atoms with Gasteiger partial charge in [-0.05, 0) is 30.9 Å². The molecule has 2 heterocycles. The van der Waals surface area contributed by atoms with Crippen LogP contribution in [0.4, 0.5) is 0 Å². The van der Waals surface area contributed by atoms with Crippen molar-refractivity contribution in [2.45, 2.75) is 24.2 Å². The molecule has 1 aliphatic rings. The molecule has 0 aromatic carbocycles. The van der Waals surface area contributed by atoms with Crippen LogP contribution in [-0.4, -0.2) is 29.7 Å². The lowest BCUT2D eigenvalue weighted by atomic mass is 10.3. The quantitative estimate of drug-likeness (QED) is 0.838. The van der Waals surface area contributed by atoms with Crippen molar-refractivity contribution in [2.75, 3.05) is 7.11 Å². The van der Waals surface area contributed by atoms with E-state index in [1.165, 1.54) is 25.4 Å². The van der Waals surface area contributed by atoms with Crippen molar-refractivity contribution in [3.05, 3.63) is 35.8 Å². The summed E-state index contributed by atoms with van der Waals surface area (Å²) in [6, 6.07) is 2.98. The Kier molecular flexibility index (Phi) is 2.78. The average Bonchev–Trinajstić information content (AvgIpc) is 2.99. The van der Waals surface area contributed by atoms with E-state index in [0.717, 1.165) is 34.6 Å². The molecular formula is C12H13N3O3S. The Labute approximate surface area is 111 Å². The molecule has 2 aromatic rings. The molecule has 0 amide bonds. The molecule has 19 heavy (non-hydrogen) atoms. The van der Waals surface area contributed by atoms with Crippen LogP contribution in [-0.2, 0) is 22.9 Å². The van der Waals surface area contributed by atoms with E-state index >= 15 is 0 Å². The summed E-state index contributed by atoms with van der Waals surface area (Å²) in [5.41, 5.74) is 1.90. The SMILES string of the molecule is COc1ccc(S(=O)(=O)n2cc3c(n2)CCC3)cn1. The van der Waals surface area contributed by atoms with Crippen molar-refractivity contribution in [3.8, 4) is 5.88 Å². The normalized spacial score (nSPS) is 14.4. The summed E-state index contributed by atoms with van der Waals surface area (Å²) in [5.74, 6) is 0.377. The third kappa shape index (κ3) is 1.99. The minimum Gasteiger partial charge on any atom is -0.481 e. The van der Waals surface area contributed by atoms with Crippen LogP contribution >= 0.6 is 0 Å². The van der Waals surface area contributed by atoms with E-state index in [9.17, 15) is 8.42 Å². The predicted molar refractivity (Wildman–Crippen MR) is 67.6 cm³/mol. The van der Waals surface area contributed by atoms with Crippen molar-refractivity contribution >= 4 is 10.0 Å². The second kappa shape index (κ2) is 4.34. The molecule has 2 aromatic heterocycles. The van der Waals surface area contributed by atoms with Crippen LogP contribution in [0.3, 0.4) is 0 Å². The molecule has 3 rings (SSSR count). The Morgan fingerprint density at radius 3 is 2.79 bits per heavy atom. The van der Waals surface area contributed by atoms with Gasteiger partial charge in [0.05, 0.1) is 19.0 Å². The minimum absolute atomic E-state index is 0.106. The Morgan fingerprint density at radius 1 is 1.32 bits per heavy atom. The first-order chi connectivity index (χ1) is 9.11. The van der Waals surface area contributed by atoms with Crippen LogP contribution in [0.25, 0.3) is 0 Å². The molecular weight excluding hydrogens is 266 g/mol. The molecule has 7 heteroatoms. The van der Waals surface area contributed by atoms with Gasteiger partial charge in [0.1, 0.15) is 4.90 Å². The fraction of sp³-hybridized carbons (Fsp3) is 0.333. The standard InChI is InChI=1S/C12H13N3O3S/c1-18-12-6-5-10(7-13-12)19(16,17)15-8-9-3-2-4-11(9)14-15/h5-8H,2-4H2,1H3. The van der Waals surface area contributed by atoms with Gasteiger partial charge in [-0.2, -0.15) is 17.6 Å². The van der Waals surface area contributed by atoms with E-state index in [0.29, 0.717) is 5.88 Å². The average molecular weight is 279 g/mol. The third-order valence-corrected chi connectivity index (χ3v) is 4.70. The molecule has 0 radical (unpaired) electrons. The van der Waals surface area contributed by atoms with Crippen molar-refractivity contribution in [3.63, 3.8) is 0 Å². The van der Waals surface area contributed by atoms with Crippen LogP contribution in [0.15, 0.2) is 29.4 Å². The Bertz CT molecular complexity index is 683. The van der Waals surface area contributed by atoms with Gasteiger partial charge in [-0.25, -0.2) is 4.98 Å². The molecule has 0 saturated carbocycles. The number of aryl methyl sites for hydroxylation is 2. The molecule has 0 unspecified atom stereocenters. The number of fused-ring (bicyclic) bond motifs is 1. The summed E-state index contributed by atoms with van der Waals surface area (Å²) in [6.07, 6.45) is 5.66. The second-order valence-corrected chi connectivity index (χ2v) is 6.16. The van der Waals surface area contributed by atoms with Crippen molar-refractivity contribution in [1.82, 2.24) is 14.2 Å². The number of pyridine rings is 1. The smallest absolute Gasteiger partial charge is 0.284 e. The van der Waals surface area contributed by atoms with E-state index in [1.807, 2.05) is 0 Å². The highest BCUT2D eigenvalue weighted by atomic mass is 32.2. The lowest BCUT2D eigenvalue weighted by Crippen LogP contribution is -2.14. The van der Waals surface area contributed by atoms with Gasteiger partial charge < -0.3 is 4.74 Å². The summed E-state index contributed by atoms with van der Waals surface area (Å²) >= 11 is 0. The first-order valence-electron chi connectivity index (χ1n) is 5.94. The molecule has 0 fully saturated rings. The summed E-state index contributed by atoms with van der Waals surface area (Å²) in [7, 11) is -2.17. The van der Waals surface area contributed by atoms with Gasteiger partial charge in [0.25, 0.3) is 10.0 Å². The van der Waals surface area contributed by atoms with Gasteiger partial charge in [-0.15, -0.1) is 0 Å². The maximum Gasteiger partial charge on any atom is 0.284 e. The first kappa shape index (κ1) is 12.2. The summed E-state index contributed by atoms with van der Waals surface area (Å²) < 4.78 is 30.7. The van der Waals surface area contributed by atoms with Gasteiger partial charge in [-0.1, -0.05) is 0 Å².